The second-order valence-electron chi connectivity index (χ2n) is 9.13. The molecule has 2 aromatic carbocycles. The van der Waals surface area contributed by atoms with Gasteiger partial charge in [0.2, 0.25) is 5.91 Å². The summed E-state index contributed by atoms with van der Waals surface area (Å²) < 4.78 is 20.8. The fraction of sp³-hybridized carbons (Fsp3) is 0.345. The van der Waals surface area contributed by atoms with Gasteiger partial charge < -0.3 is 19.7 Å². The van der Waals surface area contributed by atoms with Crippen LogP contribution in [0.5, 0.6) is 5.75 Å². The number of methoxy groups -OCH3 is 1. The van der Waals surface area contributed by atoms with Crippen LogP contribution in [-0.4, -0.2) is 28.7 Å². The van der Waals surface area contributed by atoms with E-state index in [1.54, 1.807) is 6.20 Å². The molecule has 0 bridgehead atoms. The smallest absolute Gasteiger partial charge is 0.305 e. The third-order valence-electron chi connectivity index (χ3n) is 6.23. The number of aromatic nitrogens is 1. The Morgan fingerprint density at radius 3 is 2.49 bits per heavy atom. The Kier molecular flexibility index (Phi) is 9.60. The molecule has 3 rings (SSSR count). The first-order valence-electron chi connectivity index (χ1n) is 12.3. The van der Waals surface area contributed by atoms with E-state index in [0.29, 0.717) is 30.4 Å². The number of nitrogens with zero attached hydrogens (tertiary/aromatic N) is 1. The molecule has 0 saturated carbocycles. The molecule has 0 fully saturated rings. The maximum absolute atomic E-state index is 14.4. The zero-order chi connectivity index (χ0) is 26.9. The molecule has 0 radical (unpaired) electrons. The Hall–Kier alpha value is -3.94. The van der Waals surface area contributed by atoms with Gasteiger partial charge in [-0.25, -0.2) is 4.39 Å². The van der Waals surface area contributed by atoms with Crippen molar-refractivity contribution in [3.63, 3.8) is 0 Å². The SMILES string of the molecule is CCCC[C@@H](C(=O)N[C@@H](CC(=O)O)c1ccc(OC)c(F)c1)n1cc(C)cc(Cc2ccccc2)c1=O. The standard InChI is InChI=1S/C29H33FN2O5/c1-4-5-11-25(32-18-19(2)14-22(29(32)36)15-20-9-7-6-8-10-20)28(35)31-24(17-27(33)34)21-12-13-26(37-3)23(30)16-21/h6-10,12-14,16,18,24-25H,4-5,11,15,17H2,1-3H3,(H,31,35)(H,33,34)/t24-,25-/m0/s1. The van der Waals surface area contributed by atoms with Crippen molar-refractivity contribution in [2.75, 3.05) is 7.11 Å². The summed E-state index contributed by atoms with van der Waals surface area (Å²) in [5.41, 5.74) is 2.41. The van der Waals surface area contributed by atoms with Gasteiger partial charge in [-0.05, 0) is 48.2 Å². The van der Waals surface area contributed by atoms with Gasteiger partial charge in [-0.15, -0.1) is 0 Å². The van der Waals surface area contributed by atoms with Crippen molar-refractivity contribution in [3.8, 4) is 5.75 Å². The zero-order valence-corrected chi connectivity index (χ0v) is 21.4. The van der Waals surface area contributed by atoms with Crippen LogP contribution in [-0.2, 0) is 16.0 Å². The molecule has 2 atom stereocenters. The predicted molar refractivity (Wildman–Crippen MR) is 139 cm³/mol. The van der Waals surface area contributed by atoms with Gasteiger partial charge in [-0.3, -0.25) is 14.4 Å². The van der Waals surface area contributed by atoms with Crippen molar-refractivity contribution in [1.82, 2.24) is 9.88 Å². The largest absolute Gasteiger partial charge is 0.494 e. The summed E-state index contributed by atoms with van der Waals surface area (Å²) in [6.45, 7) is 3.86. The van der Waals surface area contributed by atoms with E-state index in [1.807, 2.05) is 50.2 Å². The maximum atomic E-state index is 14.4. The molecular weight excluding hydrogens is 475 g/mol. The lowest BCUT2D eigenvalue weighted by molar-refractivity contribution is -0.138. The highest BCUT2D eigenvalue weighted by Gasteiger charge is 2.27. The summed E-state index contributed by atoms with van der Waals surface area (Å²) in [6.07, 6.45) is 3.54. The molecule has 0 aliphatic heterocycles. The highest BCUT2D eigenvalue weighted by atomic mass is 19.1. The third-order valence-corrected chi connectivity index (χ3v) is 6.23. The number of hydrogen-bond donors (Lipinski definition) is 2. The van der Waals surface area contributed by atoms with Crippen LogP contribution in [0.2, 0.25) is 0 Å². The Balaban J connectivity index is 1.97. The summed E-state index contributed by atoms with van der Waals surface area (Å²) in [6, 6.07) is 13.7. The van der Waals surface area contributed by atoms with Crippen LogP contribution in [0.1, 0.15) is 66.9 Å². The van der Waals surface area contributed by atoms with Gasteiger partial charge in [0.15, 0.2) is 11.6 Å². The van der Waals surface area contributed by atoms with Crippen molar-refractivity contribution >= 4 is 11.9 Å². The maximum Gasteiger partial charge on any atom is 0.305 e. The number of amides is 1. The van der Waals surface area contributed by atoms with Crippen LogP contribution in [0.25, 0.3) is 0 Å². The number of aryl methyl sites for hydroxylation is 1. The first kappa shape index (κ1) is 27.6. The summed E-state index contributed by atoms with van der Waals surface area (Å²) in [5, 5.41) is 12.2. The van der Waals surface area contributed by atoms with Crippen molar-refractivity contribution in [2.45, 2.75) is 58.0 Å². The number of nitrogens with one attached hydrogen (secondary N) is 1. The van der Waals surface area contributed by atoms with Gasteiger partial charge in [0.25, 0.3) is 5.56 Å². The lowest BCUT2D eigenvalue weighted by atomic mass is 10.0. The number of ether oxygens (including phenoxy) is 1. The van der Waals surface area contributed by atoms with Gasteiger partial charge in [0.1, 0.15) is 6.04 Å². The van der Waals surface area contributed by atoms with Crippen LogP contribution in [0.3, 0.4) is 0 Å². The molecule has 7 nitrogen and oxygen atoms in total. The Bertz CT molecular complexity index is 1290. The van der Waals surface area contributed by atoms with E-state index in [-0.39, 0.29) is 11.3 Å². The van der Waals surface area contributed by atoms with Gasteiger partial charge in [-0.2, -0.15) is 0 Å². The molecule has 37 heavy (non-hydrogen) atoms. The summed E-state index contributed by atoms with van der Waals surface area (Å²) in [5.74, 6) is -2.28. The quantitative estimate of drug-likeness (QED) is 0.360. The summed E-state index contributed by atoms with van der Waals surface area (Å²) >= 11 is 0. The Morgan fingerprint density at radius 1 is 1.14 bits per heavy atom. The molecule has 0 spiro atoms. The lowest BCUT2D eigenvalue weighted by Crippen LogP contribution is -2.40. The third kappa shape index (κ3) is 7.29. The number of carbonyl (C=O) groups is 2. The van der Waals surface area contributed by atoms with Gasteiger partial charge in [0, 0.05) is 18.2 Å². The van der Waals surface area contributed by atoms with Crippen LogP contribution < -0.4 is 15.6 Å². The first-order chi connectivity index (χ1) is 17.7. The topological polar surface area (TPSA) is 97.6 Å². The molecule has 0 aliphatic rings. The molecule has 2 N–H and O–H groups in total. The first-order valence-corrected chi connectivity index (χ1v) is 12.3. The number of unbranched alkanes of at least 4 members (excludes halogenated alkanes) is 1. The Morgan fingerprint density at radius 2 is 1.86 bits per heavy atom. The average Bonchev–Trinajstić information content (AvgIpc) is 2.86. The van der Waals surface area contributed by atoms with E-state index in [1.165, 1.54) is 23.8 Å². The molecule has 8 heteroatoms. The van der Waals surface area contributed by atoms with Crippen LogP contribution in [0.15, 0.2) is 65.6 Å². The number of halogens is 1. The molecule has 196 valence electrons. The van der Waals surface area contributed by atoms with E-state index >= 15 is 0 Å². The summed E-state index contributed by atoms with van der Waals surface area (Å²) in [4.78, 5) is 38.7. The molecule has 1 aromatic heterocycles. The highest BCUT2D eigenvalue weighted by molar-refractivity contribution is 5.81. The molecular formula is C29H33FN2O5. The van der Waals surface area contributed by atoms with E-state index in [0.717, 1.165) is 23.6 Å². The molecule has 0 unspecified atom stereocenters. The predicted octanol–water partition coefficient (Wildman–Crippen LogP) is 4.96. The number of benzene rings is 2. The number of hydrogen-bond acceptors (Lipinski definition) is 4. The summed E-state index contributed by atoms with van der Waals surface area (Å²) in [7, 11) is 1.33. The van der Waals surface area contributed by atoms with Crippen LogP contribution >= 0.6 is 0 Å². The van der Waals surface area contributed by atoms with Crippen molar-refractivity contribution in [1.29, 1.82) is 0 Å². The monoisotopic (exact) mass is 508 g/mol. The van der Waals surface area contributed by atoms with Crippen LogP contribution in [0, 0.1) is 12.7 Å². The van der Waals surface area contributed by atoms with E-state index < -0.39 is 36.2 Å². The zero-order valence-electron chi connectivity index (χ0n) is 21.4. The van der Waals surface area contributed by atoms with Gasteiger partial charge in [-0.1, -0.05) is 56.2 Å². The normalized spacial score (nSPS) is 12.5. The minimum atomic E-state index is -1.15. The lowest BCUT2D eigenvalue weighted by Gasteiger charge is -2.25. The fourth-order valence-electron chi connectivity index (χ4n) is 4.38. The van der Waals surface area contributed by atoms with Crippen molar-refractivity contribution in [2.24, 2.45) is 0 Å². The fourth-order valence-corrected chi connectivity index (χ4v) is 4.38. The molecule has 1 heterocycles. The average molecular weight is 509 g/mol. The van der Waals surface area contributed by atoms with Crippen molar-refractivity contribution < 1.29 is 23.8 Å². The minimum absolute atomic E-state index is 0.0160. The molecule has 0 aliphatic carbocycles. The number of carboxylic acid groups (broad SMARTS) is 1. The second kappa shape index (κ2) is 12.9. The molecule has 0 saturated heterocycles. The molecule has 1 amide bonds. The van der Waals surface area contributed by atoms with E-state index in [2.05, 4.69) is 5.32 Å². The minimum Gasteiger partial charge on any atom is -0.494 e. The number of rotatable bonds is 12. The Labute approximate surface area is 215 Å². The van der Waals surface area contributed by atoms with Crippen LogP contribution in [0.4, 0.5) is 4.39 Å². The second-order valence-corrected chi connectivity index (χ2v) is 9.13. The van der Waals surface area contributed by atoms with E-state index in [4.69, 9.17) is 4.74 Å². The van der Waals surface area contributed by atoms with Gasteiger partial charge >= 0.3 is 5.97 Å². The van der Waals surface area contributed by atoms with Gasteiger partial charge in [0.05, 0.1) is 19.6 Å². The number of carbonyl (C=O) groups excluding carboxylic acids is 1. The van der Waals surface area contributed by atoms with Crippen molar-refractivity contribution in [3.05, 3.63) is 99.2 Å². The van der Waals surface area contributed by atoms with E-state index in [9.17, 15) is 23.9 Å². The number of carboxylic acids is 1. The molecule has 3 aromatic rings. The number of aliphatic carboxylic acids is 1. The number of pyridine rings is 1. The highest BCUT2D eigenvalue weighted by Crippen LogP contribution is 2.25.